The summed E-state index contributed by atoms with van der Waals surface area (Å²) in [5.41, 5.74) is 2.98. The highest BCUT2D eigenvalue weighted by Crippen LogP contribution is 2.44. The maximum Gasteiger partial charge on any atom is 0.408 e. The summed E-state index contributed by atoms with van der Waals surface area (Å²) in [6, 6.07) is 28.2. The first-order chi connectivity index (χ1) is 19.2. The summed E-state index contributed by atoms with van der Waals surface area (Å²) in [6.07, 6.45) is 1.69. The summed E-state index contributed by atoms with van der Waals surface area (Å²) in [5, 5.41) is 10.7. The Labute approximate surface area is 236 Å². The van der Waals surface area contributed by atoms with E-state index < -0.39 is 11.8 Å². The van der Waals surface area contributed by atoms with E-state index >= 15 is 0 Å². The van der Waals surface area contributed by atoms with Crippen LogP contribution in [0.1, 0.15) is 63.6 Å². The number of aromatic nitrogens is 2. The molecule has 0 radical (unpaired) electrons. The highest BCUT2D eigenvalue weighted by molar-refractivity contribution is 5.75. The Bertz CT molecular complexity index is 1450. The number of carbonyl (C=O) groups is 1. The minimum atomic E-state index is -0.912. The summed E-state index contributed by atoms with van der Waals surface area (Å²) < 4.78 is 1.86. The van der Waals surface area contributed by atoms with Crippen molar-refractivity contribution in [1.82, 2.24) is 19.4 Å². The molecule has 1 aliphatic heterocycles. The molecule has 2 heterocycles. The quantitative estimate of drug-likeness (QED) is 0.256. The number of imidazole rings is 1. The molecule has 40 heavy (non-hydrogen) atoms. The Morgan fingerprint density at radius 3 is 2.10 bits per heavy atom. The van der Waals surface area contributed by atoms with E-state index in [9.17, 15) is 14.7 Å². The molecule has 2 atom stereocenters. The molecule has 2 N–H and O–H groups in total. The lowest BCUT2D eigenvalue weighted by Crippen LogP contribution is -2.65. The SMILES string of the molecule is CC(C)(C)CCC1(N(Cc2ccccc2)Cc2ccccc2)CC(n2c(=O)[nH]c3ccccc32)CCN1C(=O)O. The van der Waals surface area contributed by atoms with Crippen LogP contribution in [0.3, 0.4) is 0 Å². The first-order valence-electron chi connectivity index (χ1n) is 14.2. The molecule has 0 bridgehead atoms. The van der Waals surface area contributed by atoms with Crippen LogP contribution in [0.4, 0.5) is 4.79 Å². The lowest BCUT2D eigenvalue weighted by atomic mass is 9.80. The molecule has 1 amide bonds. The molecule has 0 saturated carbocycles. The van der Waals surface area contributed by atoms with E-state index in [1.807, 2.05) is 65.2 Å². The van der Waals surface area contributed by atoms with Gasteiger partial charge < -0.3 is 10.1 Å². The number of nitrogens with one attached hydrogen (secondary N) is 1. The smallest absolute Gasteiger partial charge is 0.408 e. The fourth-order valence-electron chi connectivity index (χ4n) is 6.23. The number of aromatic amines is 1. The monoisotopic (exact) mass is 540 g/mol. The second-order valence-corrected chi connectivity index (χ2v) is 12.3. The van der Waals surface area contributed by atoms with Gasteiger partial charge >= 0.3 is 11.8 Å². The van der Waals surface area contributed by atoms with Crippen LogP contribution >= 0.6 is 0 Å². The van der Waals surface area contributed by atoms with Crippen LogP contribution in [-0.2, 0) is 13.1 Å². The van der Waals surface area contributed by atoms with Gasteiger partial charge in [-0.2, -0.15) is 0 Å². The summed E-state index contributed by atoms with van der Waals surface area (Å²) >= 11 is 0. The van der Waals surface area contributed by atoms with E-state index in [0.29, 0.717) is 38.9 Å². The van der Waals surface area contributed by atoms with Gasteiger partial charge in [0, 0.05) is 32.1 Å². The molecule has 210 valence electrons. The van der Waals surface area contributed by atoms with Crippen LogP contribution in [0, 0.1) is 5.41 Å². The van der Waals surface area contributed by atoms with Crippen molar-refractivity contribution in [3.63, 3.8) is 0 Å². The molecule has 5 rings (SSSR count). The van der Waals surface area contributed by atoms with Crippen molar-refractivity contribution in [2.45, 2.75) is 71.2 Å². The summed E-state index contributed by atoms with van der Waals surface area (Å²) in [5.74, 6) is 0. The first kappa shape index (κ1) is 27.7. The van der Waals surface area contributed by atoms with E-state index in [1.54, 1.807) is 4.90 Å². The normalized spacial score (nSPS) is 19.8. The molecule has 0 aliphatic carbocycles. The topological polar surface area (TPSA) is 81.6 Å². The Balaban J connectivity index is 1.65. The van der Waals surface area contributed by atoms with Gasteiger partial charge in [-0.15, -0.1) is 0 Å². The molecule has 2 unspecified atom stereocenters. The molecule has 1 aromatic heterocycles. The number of hydrogen-bond donors (Lipinski definition) is 2. The van der Waals surface area contributed by atoms with Gasteiger partial charge in [0.25, 0.3) is 0 Å². The largest absolute Gasteiger partial charge is 0.465 e. The molecule has 7 nitrogen and oxygen atoms in total. The van der Waals surface area contributed by atoms with Crippen LogP contribution in [-0.4, -0.2) is 42.8 Å². The second-order valence-electron chi connectivity index (χ2n) is 12.3. The van der Waals surface area contributed by atoms with Crippen molar-refractivity contribution >= 4 is 17.1 Å². The van der Waals surface area contributed by atoms with Crippen molar-refractivity contribution in [1.29, 1.82) is 0 Å². The Morgan fingerprint density at radius 2 is 1.52 bits per heavy atom. The molecular weight excluding hydrogens is 500 g/mol. The maximum absolute atomic E-state index is 13.3. The molecule has 3 aromatic carbocycles. The number of carboxylic acid groups (broad SMARTS) is 1. The van der Waals surface area contributed by atoms with Gasteiger partial charge in [-0.3, -0.25) is 14.4 Å². The summed E-state index contributed by atoms with van der Waals surface area (Å²) in [6.45, 7) is 8.16. The molecule has 1 fully saturated rings. The fraction of sp³-hybridized carbons (Fsp3) is 0.394. The van der Waals surface area contributed by atoms with Crippen LogP contribution in [0.25, 0.3) is 11.0 Å². The van der Waals surface area contributed by atoms with Gasteiger partial charge in [0.1, 0.15) is 5.66 Å². The number of nitrogens with zero attached hydrogens (tertiary/aromatic N) is 3. The van der Waals surface area contributed by atoms with Crippen LogP contribution in [0.2, 0.25) is 0 Å². The fourth-order valence-corrected chi connectivity index (χ4v) is 6.23. The van der Waals surface area contributed by atoms with E-state index in [-0.39, 0.29) is 17.1 Å². The minimum Gasteiger partial charge on any atom is -0.465 e. The van der Waals surface area contributed by atoms with Crippen molar-refractivity contribution in [2.75, 3.05) is 6.54 Å². The van der Waals surface area contributed by atoms with E-state index in [2.05, 4.69) is 54.9 Å². The van der Waals surface area contributed by atoms with Crippen molar-refractivity contribution in [3.05, 3.63) is 107 Å². The van der Waals surface area contributed by atoms with Crippen molar-refractivity contribution in [3.8, 4) is 0 Å². The number of rotatable bonds is 8. The number of fused-ring (bicyclic) bond motifs is 1. The van der Waals surface area contributed by atoms with Gasteiger partial charge in [0.05, 0.1) is 11.0 Å². The highest BCUT2D eigenvalue weighted by atomic mass is 16.4. The summed E-state index contributed by atoms with van der Waals surface area (Å²) in [4.78, 5) is 33.3. The number of amides is 1. The van der Waals surface area contributed by atoms with Crippen LogP contribution in [0.5, 0.6) is 0 Å². The second kappa shape index (κ2) is 11.3. The summed E-state index contributed by atoms with van der Waals surface area (Å²) in [7, 11) is 0. The lowest BCUT2D eigenvalue weighted by molar-refractivity contribution is -0.102. The van der Waals surface area contributed by atoms with Gasteiger partial charge in [-0.25, -0.2) is 9.59 Å². The first-order valence-corrected chi connectivity index (χ1v) is 14.2. The molecule has 4 aromatic rings. The van der Waals surface area contributed by atoms with Gasteiger partial charge in [-0.05, 0) is 47.9 Å². The molecule has 1 saturated heterocycles. The number of piperidine rings is 1. The molecule has 7 heteroatoms. The van der Waals surface area contributed by atoms with Gasteiger partial charge in [0.15, 0.2) is 0 Å². The zero-order valence-electron chi connectivity index (χ0n) is 23.7. The standard InChI is InChI=1S/C33H40N4O3/c1-32(2,3)19-20-33(35(23-25-12-6-4-7-13-25)24-26-14-8-5-9-15-26)22-27(18-21-36(33)31(39)40)37-29-17-11-10-16-28(29)34-30(37)38/h4-17,27H,18-24H2,1-3H3,(H,34,38)(H,39,40). The zero-order valence-corrected chi connectivity index (χ0v) is 23.7. The van der Waals surface area contributed by atoms with Crippen molar-refractivity contribution < 1.29 is 9.90 Å². The van der Waals surface area contributed by atoms with E-state index in [1.165, 1.54) is 0 Å². The molecule has 1 aliphatic rings. The van der Waals surface area contributed by atoms with Crippen LogP contribution < -0.4 is 5.69 Å². The van der Waals surface area contributed by atoms with Crippen molar-refractivity contribution in [2.24, 2.45) is 5.41 Å². The average molecular weight is 541 g/mol. The Kier molecular flexibility index (Phi) is 7.86. The van der Waals surface area contributed by atoms with Gasteiger partial charge in [-0.1, -0.05) is 93.6 Å². The number of para-hydroxylation sites is 2. The average Bonchev–Trinajstić information content (AvgIpc) is 3.27. The third-order valence-electron chi connectivity index (χ3n) is 8.27. The number of hydrogen-bond acceptors (Lipinski definition) is 3. The molecule has 0 spiro atoms. The zero-order chi connectivity index (χ0) is 28.3. The predicted octanol–water partition coefficient (Wildman–Crippen LogP) is 6.87. The number of H-pyrrole nitrogens is 1. The lowest BCUT2D eigenvalue weighted by Gasteiger charge is -2.55. The Morgan fingerprint density at radius 1 is 0.950 bits per heavy atom. The predicted molar refractivity (Wildman–Crippen MR) is 159 cm³/mol. The number of benzene rings is 3. The molecular formula is C33H40N4O3. The van der Waals surface area contributed by atoms with E-state index in [4.69, 9.17) is 0 Å². The Hall–Kier alpha value is -3.84. The van der Waals surface area contributed by atoms with E-state index in [0.717, 1.165) is 28.6 Å². The number of likely N-dealkylation sites (tertiary alicyclic amines) is 1. The highest BCUT2D eigenvalue weighted by Gasteiger charge is 2.50. The van der Waals surface area contributed by atoms with Crippen LogP contribution in [0.15, 0.2) is 89.7 Å². The maximum atomic E-state index is 13.3. The van der Waals surface area contributed by atoms with Gasteiger partial charge in [0.2, 0.25) is 0 Å². The third kappa shape index (κ3) is 5.85. The third-order valence-corrected chi connectivity index (χ3v) is 8.27. The minimum absolute atomic E-state index is 0.00685.